The van der Waals surface area contributed by atoms with Crippen LogP contribution >= 0.6 is 24.0 Å². The van der Waals surface area contributed by atoms with Crippen LogP contribution in [0.1, 0.15) is 11.1 Å². The van der Waals surface area contributed by atoms with Gasteiger partial charge in [-0.05, 0) is 24.1 Å². The highest BCUT2D eigenvalue weighted by atomic mass is 32.2. The highest BCUT2D eigenvalue weighted by Crippen LogP contribution is 2.35. The summed E-state index contributed by atoms with van der Waals surface area (Å²) in [4.78, 5) is 26.1. The zero-order valence-corrected chi connectivity index (χ0v) is 16.1. The summed E-state index contributed by atoms with van der Waals surface area (Å²) in [5, 5.41) is 11.7. The second-order valence-electron chi connectivity index (χ2n) is 5.82. The molecule has 7 heteroatoms. The maximum Gasteiger partial charge on any atom is 0.266 e. The minimum Gasteiger partial charge on any atom is -0.548 e. The van der Waals surface area contributed by atoms with Crippen LogP contribution in [0.15, 0.2) is 59.5 Å². The lowest BCUT2D eigenvalue weighted by molar-refractivity contribution is -0.310. The number of rotatable bonds is 6. The molecule has 138 valence electrons. The minimum atomic E-state index is -1.34. The summed E-state index contributed by atoms with van der Waals surface area (Å²) < 4.78 is 5.49. The summed E-state index contributed by atoms with van der Waals surface area (Å²) in [6, 6.07) is 15.2. The first-order chi connectivity index (χ1) is 13.0. The minimum absolute atomic E-state index is 0.123. The second kappa shape index (κ2) is 8.37. The van der Waals surface area contributed by atoms with Gasteiger partial charge in [-0.25, -0.2) is 0 Å². The highest BCUT2D eigenvalue weighted by molar-refractivity contribution is 8.26. The number of thioether (sulfide) groups is 1. The number of hydrogen-bond acceptors (Lipinski definition) is 6. The van der Waals surface area contributed by atoms with E-state index >= 15 is 0 Å². The van der Waals surface area contributed by atoms with E-state index in [9.17, 15) is 14.7 Å². The van der Waals surface area contributed by atoms with Gasteiger partial charge in [0.2, 0.25) is 0 Å². The Morgan fingerprint density at radius 1 is 1.22 bits per heavy atom. The Morgan fingerprint density at radius 2 is 1.89 bits per heavy atom. The average Bonchev–Trinajstić information content (AvgIpc) is 2.94. The quantitative estimate of drug-likeness (QED) is 0.549. The summed E-state index contributed by atoms with van der Waals surface area (Å²) in [5.41, 5.74) is 1.50. The smallest absolute Gasteiger partial charge is 0.266 e. The maximum absolute atomic E-state index is 12.9. The van der Waals surface area contributed by atoms with Gasteiger partial charge in [0.15, 0.2) is 0 Å². The van der Waals surface area contributed by atoms with Gasteiger partial charge in [-0.2, -0.15) is 0 Å². The number of ether oxygens (including phenoxy) is 1. The Labute approximate surface area is 166 Å². The topological polar surface area (TPSA) is 69.7 Å². The van der Waals surface area contributed by atoms with Crippen molar-refractivity contribution in [1.82, 2.24) is 4.90 Å². The van der Waals surface area contributed by atoms with Crippen LogP contribution in [-0.2, 0) is 16.0 Å². The summed E-state index contributed by atoms with van der Waals surface area (Å²) in [6.07, 6.45) is 1.78. The Bertz CT molecular complexity index is 911. The van der Waals surface area contributed by atoms with Crippen LogP contribution in [0, 0.1) is 0 Å². The number of carboxylic acids is 1. The third-order valence-electron chi connectivity index (χ3n) is 4.10. The molecule has 1 aliphatic rings. The number of para-hydroxylation sites is 1. The molecule has 1 atom stereocenters. The molecule has 1 aliphatic heterocycles. The van der Waals surface area contributed by atoms with Crippen LogP contribution in [0.3, 0.4) is 0 Å². The van der Waals surface area contributed by atoms with E-state index in [-0.39, 0.29) is 10.7 Å². The number of nitrogens with zero attached hydrogens (tertiary/aromatic N) is 1. The number of carboxylic acid groups (broad SMARTS) is 1. The van der Waals surface area contributed by atoms with Crippen LogP contribution in [0.4, 0.5) is 0 Å². The monoisotopic (exact) mass is 398 g/mol. The molecule has 1 saturated heterocycles. The lowest BCUT2D eigenvalue weighted by Gasteiger charge is -2.27. The van der Waals surface area contributed by atoms with E-state index in [1.54, 1.807) is 31.4 Å². The number of carbonyl (C=O) groups is 2. The van der Waals surface area contributed by atoms with Gasteiger partial charge >= 0.3 is 0 Å². The number of benzene rings is 2. The van der Waals surface area contributed by atoms with Crippen molar-refractivity contribution in [3.63, 3.8) is 0 Å². The first kappa shape index (κ1) is 19.1. The van der Waals surface area contributed by atoms with Crippen molar-refractivity contribution in [2.75, 3.05) is 7.11 Å². The van der Waals surface area contributed by atoms with Crippen LogP contribution < -0.4 is 9.84 Å². The standard InChI is InChI=1S/C20H17NO4S2/c1-25-16-10-6-5-9-14(16)12-17-18(22)21(20(26)27-17)15(19(23)24)11-13-7-3-2-4-8-13/h2-10,12,15H,11H2,1H3,(H,23,24)/p-1/b17-12+/t15-/m0/s1. The molecule has 3 rings (SSSR count). The second-order valence-corrected chi connectivity index (χ2v) is 7.49. The molecule has 1 fully saturated rings. The predicted molar refractivity (Wildman–Crippen MR) is 107 cm³/mol. The van der Waals surface area contributed by atoms with E-state index in [0.717, 1.165) is 22.2 Å². The Morgan fingerprint density at radius 3 is 2.56 bits per heavy atom. The van der Waals surface area contributed by atoms with E-state index in [2.05, 4.69) is 0 Å². The van der Waals surface area contributed by atoms with Crippen LogP contribution in [0.25, 0.3) is 6.08 Å². The van der Waals surface area contributed by atoms with Crippen molar-refractivity contribution in [1.29, 1.82) is 0 Å². The molecule has 0 radical (unpaired) electrons. The molecule has 0 aliphatic carbocycles. The van der Waals surface area contributed by atoms with Gasteiger partial charge in [0, 0.05) is 5.56 Å². The predicted octanol–water partition coefficient (Wildman–Crippen LogP) is 2.26. The Kier molecular flexibility index (Phi) is 5.93. The average molecular weight is 398 g/mol. The Balaban J connectivity index is 1.90. The van der Waals surface area contributed by atoms with E-state index in [4.69, 9.17) is 17.0 Å². The van der Waals surface area contributed by atoms with Crippen LogP contribution in [0.5, 0.6) is 5.75 Å². The molecule has 0 spiro atoms. The fourth-order valence-electron chi connectivity index (χ4n) is 2.79. The van der Waals surface area contributed by atoms with E-state index in [1.807, 2.05) is 36.4 Å². The van der Waals surface area contributed by atoms with Crippen molar-refractivity contribution < 1.29 is 19.4 Å². The number of thiocarbonyl (C=S) groups is 1. The van der Waals surface area contributed by atoms with Crippen LogP contribution in [-0.4, -0.2) is 34.2 Å². The summed E-state index contributed by atoms with van der Waals surface area (Å²) in [5.74, 6) is -1.17. The molecule has 0 saturated carbocycles. The molecule has 1 amide bonds. The molecule has 5 nitrogen and oxygen atoms in total. The van der Waals surface area contributed by atoms with Gasteiger partial charge in [0.25, 0.3) is 5.91 Å². The lowest BCUT2D eigenvalue weighted by atomic mass is 10.0. The molecule has 27 heavy (non-hydrogen) atoms. The van der Waals surface area contributed by atoms with Gasteiger partial charge in [-0.15, -0.1) is 0 Å². The van der Waals surface area contributed by atoms with E-state index < -0.39 is 17.9 Å². The number of methoxy groups -OCH3 is 1. The lowest BCUT2D eigenvalue weighted by Crippen LogP contribution is -2.51. The number of carbonyl (C=O) groups excluding carboxylic acids is 2. The fourth-order valence-corrected chi connectivity index (χ4v) is 4.14. The summed E-state index contributed by atoms with van der Waals surface area (Å²) in [6.45, 7) is 0. The number of hydrogen-bond donors (Lipinski definition) is 0. The van der Waals surface area contributed by atoms with Crippen molar-refractivity contribution in [3.8, 4) is 5.75 Å². The third kappa shape index (κ3) is 4.20. The molecule has 0 unspecified atom stereocenters. The molecule has 0 bridgehead atoms. The van der Waals surface area contributed by atoms with Crippen LogP contribution in [0.2, 0.25) is 0 Å². The van der Waals surface area contributed by atoms with Gasteiger partial charge in [-0.1, -0.05) is 72.5 Å². The molecular weight excluding hydrogens is 382 g/mol. The summed E-state index contributed by atoms with van der Waals surface area (Å²) >= 11 is 6.36. The molecule has 2 aromatic carbocycles. The van der Waals surface area contributed by atoms with Gasteiger partial charge in [0.05, 0.1) is 24.0 Å². The first-order valence-electron chi connectivity index (χ1n) is 8.16. The fraction of sp³-hybridized carbons (Fsp3) is 0.150. The van der Waals surface area contributed by atoms with Gasteiger partial charge in [0.1, 0.15) is 10.1 Å². The SMILES string of the molecule is COc1ccccc1/C=C1/SC(=S)N([C@@H](Cc2ccccc2)C(=O)[O-])C1=O. The van der Waals surface area contributed by atoms with Gasteiger partial charge < -0.3 is 14.6 Å². The van der Waals surface area contributed by atoms with Crippen molar-refractivity contribution >= 4 is 46.3 Å². The largest absolute Gasteiger partial charge is 0.548 e. The van der Waals surface area contributed by atoms with Crippen molar-refractivity contribution in [2.45, 2.75) is 12.5 Å². The van der Waals surface area contributed by atoms with Crippen molar-refractivity contribution in [2.24, 2.45) is 0 Å². The number of aliphatic carboxylic acids is 1. The highest BCUT2D eigenvalue weighted by Gasteiger charge is 2.37. The molecule has 0 N–H and O–H groups in total. The summed E-state index contributed by atoms with van der Waals surface area (Å²) in [7, 11) is 1.55. The number of amides is 1. The Hall–Kier alpha value is -2.64. The maximum atomic E-state index is 12.9. The zero-order chi connectivity index (χ0) is 19.4. The first-order valence-corrected chi connectivity index (χ1v) is 9.38. The van der Waals surface area contributed by atoms with Gasteiger partial charge in [-0.3, -0.25) is 9.69 Å². The normalized spacial score (nSPS) is 16.6. The molecular formula is C20H16NO4S2-. The zero-order valence-electron chi connectivity index (χ0n) is 14.5. The third-order valence-corrected chi connectivity index (χ3v) is 5.44. The van der Waals surface area contributed by atoms with Crippen molar-refractivity contribution in [3.05, 3.63) is 70.6 Å². The van der Waals surface area contributed by atoms with E-state index in [1.165, 1.54) is 0 Å². The molecule has 2 aromatic rings. The van der Waals surface area contributed by atoms with E-state index in [0.29, 0.717) is 16.2 Å². The molecule has 0 aromatic heterocycles. The molecule has 1 heterocycles.